The summed E-state index contributed by atoms with van der Waals surface area (Å²) in [6.45, 7) is 2.82. The molecular weight excluding hydrogens is 332 g/mol. The van der Waals surface area contributed by atoms with Gasteiger partial charge in [0.2, 0.25) is 0 Å². The first-order valence-corrected chi connectivity index (χ1v) is 8.55. The lowest BCUT2D eigenvalue weighted by Crippen LogP contribution is -2.21. The summed E-state index contributed by atoms with van der Waals surface area (Å²) >= 11 is 0. The number of anilines is 1. The summed E-state index contributed by atoms with van der Waals surface area (Å²) in [4.78, 5) is 10.7. The molecule has 0 saturated heterocycles. The van der Waals surface area contributed by atoms with Crippen LogP contribution >= 0.6 is 0 Å². The van der Waals surface area contributed by atoms with Gasteiger partial charge in [-0.3, -0.25) is 5.43 Å². The Kier molecular flexibility index (Phi) is 7.49. The maximum absolute atomic E-state index is 10.7. The van der Waals surface area contributed by atoms with Crippen molar-refractivity contribution in [3.63, 3.8) is 0 Å². The minimum atomic E-state index is -1.20. The maximum Gasteiger partial charge on any atom is 0.161 e. The largest absolute Gasteiger partial charge is 0.545 e. The number of benzene rings is 2. The monoisotopic (exact) mass is 355 g/mol. The highest BCUT2D eigenvalue weighted by molar-refractivity contribution is 5.86. The third kappa shape index (κ3) is 5.81. The second kappa shape index (κ2) is 10.1. The molecule has 0 radical (unpaired) electrons. The third-order valence-corrected chi connectivity index (χ3v) is 3.72. The fraction of sp³-hybridized carbons (Fsp3) is 0.300. The summed E-state index contributed by atoms with van der Waals surface area (Å²) in [5, 5.41) is 14.9. The Bertz CT molecular complexity index is 742. The number of carbonyl (C=O) groups is 1. The van der Waals surface area contributed by atoms with Crippen LogP contribution in [0.1, 0.15) is 42.1 Å². The molecule has 0 spiro atoms. The normalized spacial score (nSPS) is 10.7. The van der Waals surface area contributed by atoms with Gasteiger partial charge < -0.3 is 19.4 Å². The summed E-state index contributed by atoms with van der Waals surface area (Å²) < 4.78 is 11.1. The average Bonchev–Trinajstić information content (AvgIpc) is 2.66. The van der Waals surface area contributed by atoms with E-state index >= 15 is 0 Å². The van der Waals surface area contributed by atoms with E-state index in [-0.39, 0.29) is 5.56 Å². The molecule has 0 aromatic heterocycles. The molecule has 0 bridgehead atoms. The van der Waals surface area contributed by atoms with Gasteiger partial charge in [-0.05, 0) is 47.9 Å². The lowest BCUT2D eigenvalue weighted by Gasteiger charge is -2.11. The van der Waals surface area contributed by atoms with Crippen LogP contribution in [0.3, 0.4) is 0 Å². The molecular formula is C20H23N2O4-. The summed E-state index contributed by atoms with van der Waals surface area (Å²) in [6, 6.07) is 11.8. The Morgan fingerprint density at radius 3 is 2.58 bits per heavy atom. The van der Waals surface area contributed by atoms with Crippen molar-refractivity contribution >= 4 is 17.9 Å². The van der Waals surface area contributed by atoms with E-state index in [4.69, 9.17) is 9.47 Å². The van der Waals surface area contributed by atoms with Gasteiger partial charge in [0.1, 0.15) is 0 Å². The molecule has 0 amide bonds. The molecule has 26 heavy (non-hydrogen) atoms. The smallest absolute Gasteiger partial charge is 0.161 e. The van der Waals surface area contributed by atoms with Crippen LogP contribution in [0, 0.1) is 0 Å². The maximum atomic E-state index is 10.7. The first kappa shape index (κ1) is 19.3. The number of ether oxygens (including phenoxy) is 2. The fourth-order valence-corrected chi connectivity index (χ4v) is 2.28. The van der Waals surface area contributed by atoms with Crippen LogP contribution in [-0.4, -0.2) is 25.9 Å². The van der Waals surface area contributed by atoms with Crippen molar-refractivity contribution in [3.05, 3.63) is 53.6 Å². The topological polar surface area (TPSA) is 83.0 Å². The number of hydrogen-bond acceptors (Lipinski definition) is 6. The Hall–Kier alpha value is -3.02. The van der Waals surface area contributed by atoms with E-state index in [0.29, 0.717) is 23.8 Å². The number of hydrogen-bond donors (Lipinski definition) is 1. The van der Waals surface area contributed by atoms with Crippen LogP contribution in [0.15, 0.2) is 47.6 Å². The van der Waals surface area contributed by atoms with Crippen molar-refractivity contribution in [3.8, 4) is 11.5 Å². The Morgan fingerprint density at radius 1 is 1.15 bits per heavy atom. The van der Waals surface area contributed by atoms with Crippen molar-refractivity contribution in [2.24, 2.45) is 5.10 Å². The highest BCUT2D eigenvalue weighted by Crippen LogP contribution is 2.27. The number of hydrazone groups is 1. The second-order valence-corrected chi connectivity index (χ2v) is 5.70. The number of carboxylic acids is 1. The minimum Gasteiger partial charge on any atom is -0.545 e. The van der Waals surface area contributed by atoms with Crippen LogP contribution in [0.4, 0.5) is 5.69 Å². The number of carbonyl (C=O) groups excluding carboxylic acids is 1. The molecule has 0 unspecified atom stereocenters. The van der Waals surface area contributed by atoms with Gasteiger partial charge in [0, 0.05) is 0 Å². The van der Waals surface area contributed by atoms with Gasteiger partial charge in [-0.2, -0.15) is 5.10 Å². The van der Waals surface area contributed by atoms with E-state index in [1.54, 1.807) is 25.5 Å². The van der Waals surface area contributed by atoms with Crippen molar-refractivity contribution in [2.75, 3.05) is 19.1 Å². The Balaban J connectivity index is 1.95. The van der Waals surface area contributed by atoms with E-state index in [1.807, 2.05) is 18.2 Å². The van der Waals surface area contributed by atoms with E-state index in [0.717, 1.165) is 24.8 Å². The third-order valence-electron chi connectivity index (χ3n) is 3.72. The van der Waals surface area contributed by atoms with E-state index < -0.39 is 5.97 Å². The van der Waals surface area contributed by atoms with E-state index in [9.17, 15) is 9.90 Å². The number of unbranched alkanes of at least 4 members (excludes halogenated alkanes) is 2. The Morgan fingerprint density at radius 2 is 1.92 bits per heavy atom. The van der Waals surface area contributed by atoms with Gasteiger partial charge in [0.15, 0.2) is 11.5 Å². The van der Waals surface area contributed by atoms with Gasteiger partial charge in [0.05, 0.1) is 31.6 Å². The second-order valence-electron chi connectivity index (χ2n) is 5.70. The van der Waals surface area contributed by atoms with E-state index in [1.165, 1.54) is 12.1 Å². The van der Waals surface area contributed by atoms with Gasteiger partial charge >= 0.3 is 0 Å². The van der Waals surface area contributed by atoms with Gasteiger partial charge in [-0.1, -0.05) is 31.9 Å². The minimum absolute atomic E-state index is 0.124. The van der Waals surface area contributed by atoms with Crippen molar-refractivity contribution in [1.82, 2.24) is 0 Å². The Labute approximate surface area is 153 Å². The number of nitrogens with zero attached hydrogens (tertiary/aromatic N) is 1. The number of nitrogens with one attached hydrogen (secondary N) is 1. The molecule has 0 saturated carbocycles. The van der Waals surface area contributed by atoms with Gasteiger partial charge in [-0.25, -0.2) is 0 Å². The zero-order valence-electron chi connectivity index (χ0n) is 15.0. The fourth-order valence-electron chi connectivity index (χ4n) is 2.28. The summed E-state index contributed by atoms with van der Waals surface area (Å²) in [5.74, 6) is 0.166. The van der Waals surface area contributed by atoms with Crippen molar-refractivity contribution < 1.29 is 19.4 Å². The van der Waals surface area contributed by atoms with Crippen LogP contribution in [0.5, 0.6) is 11.5 Å². The first-order valence-electron chi connectivity index (χ1n) is 8.55. The highest BCUT2D eigenvalue weighted by Gasteiger charge is 2.05. The molecule has 138 valence electrons. The van der Waals surface area contributed by atoms with Crippen LogP contribution in [0.25, 0.3) is 0 Å². The molecule has 2 rings (SSSR count). The van der Waals surface area contributed by atoms with Crippen molar-refractivity contribution in [2.45, 2.75) is 26.2 Å². The number of methoxy groups -OCH3 is 1. The van der Waals surface area contributed by atoms with Crippen LogP contribution < -0.4 is 20.0 Å². The zero-order chi connectivity index (χ0) is 18.8. The van der Waals surface area contributed by atoms with Crippen molar-refractivity contribution in [1.29, 1.82) is 0 Å². The standard InChI is InChI=1S/C20H24N2O4/c1-3-4-5-12-26-18-11-6-15(13-19(18)25-2)14-21-22-17-9-7-16(8-10-17)20(23)24/h6-11,13-14,22H,3-5,12H2,1-2H3,(H,23,24)/p-1/b21-14-. The molecule has 0 atom stereocenters. The lowest BCUT2D eigenvalue weighted by atomic mass is 10.2. The zero-order valence-corrected chi connectivity index (χ0v) is 15.0. The van der Waals surface area contributed by atoms with Gasteiger partial charge in [-0.15, -0.1) is 0 Å². The SMILES string of the molecule is CCCCCOc1ccc(/C=N\Nc2ccc(C(=O)[O-])cc2)cc1OC. The summed E-state index contributed by atoms with van der Waals surface area (Å²) in [6.07, 6.45) is 4.96. The molecule has 0 aliphatic rings. The molecule has 0 aliphatic heterocycles. The average molecular weight is 355 g/mol. The molecule has 0 heterocycles. The molecule has 1 N–H and O–H groups in total. The molecule has 2 aromatic carbocycles. The van der Waals surface area contributed by atoms with E-state index in [2.05, 4.69) is 17.5 Å². The molecule has 0 aliphatic carbocycles. The predicted octanol–water partition coefficient (Wildman–Crippen LogP) is 3.07. The predicted molar refractivity (Wildman–Crippen MR) is 100 cm³/mol. The number of rotatable bonds is 10. The number of carboxylic acid groups (broad SMARTS) is 1. The molecule has 6 heteroatoms. The lowest BCUT2D eigenvalue weighted by molar-refractivity contribution is -0.255. The molecule has 2 aromatic rings. The summed E-state index contributed by atoms with van der Waals surface area (Å²) in [5.41, 5.74) is 4.49. The highest BCUT2D eigenvalue weighted by atomic mass is 16.5. The van der Waals surface area contributed by atoms with Crippen LogP contribution in [0.2, 0.25) is 0 Å². The first-order chi connectivity index (χ1) is 12.6. The summed E-state index contributed by atoms with van der Waals surface area (Å²) in [7, 11) is 1.60. The quantitative estimate of drug-likeness (QED) is 0.402. The van der Waals surface area contributed by atoms with Gasteiger partial charge in [0.25, 0.3) is 0 Å². The molecule has 6 nitrogen and oxygen atoms in total. The number of aromatic carboxylic acids is 1. The van der Waals surface area contributed by atoms with Crippen LogP contribution in [-0.2, 0) is 0 Å². The molecule has 0 fully saturated rings.